The Hall–Kier alpha value is -1.52. The molecule has 102 valence electrons. The third-order valence-corrected chi connectivity index (χ3v) is 2.88. The molecule has 3 N–H and O–H groups in total. The van der Waals surface area contributed by atoms with E-state index in [0.717, 1.165) is 32.1 Å². The molecule has 0 radical (unpaired) electrons. The van der Waals surface area contributed by atoms with Crippen LogP contribution >= 0.6 is 0 Å². The summed E-state index contributed by atoms with van der Waals surface area (Å²) >= 11 is 0. The molecule has 0 aliphatic rings. The molecule has 0 fully saturated rings. The summed E-state index contributed by atoms with van der Waals surface area (Å²) < 4.78 is 1.56. The van der Waals surface area contributed by atoms with Crippen LogP contribution in [0.15, 0.2) is 12.3 Å². The van der Waals surface area contributed by atoms with Crippen molar-refractivity contribution in [3.63, 3.8) is 0 Å². The van der Waals surface area contributed by atoms with Gasteiger partial charge in [0.25, 0.3) is 0 Å². The van der Waals surface area contributed by atoms with E-state index >= 15 is 0 Å². The van der Waals surface area contributed by atoms with Gasteiger partial charge >= 0.3 is 0 Å². The SMILES string of the molecule is CCCCC(CCC)NC(=O)Cn1ccc(N)n1. The van der Waals surface area contributed by atoms with Gasteiger partial charge in [0.1, 0.15) is 12.4 Å². The topological polar surface area (TPSA) is 72.9 Å². The predicted molar refractivity (Wildman–Crippen MR) is 73.0 cm³/mol. The average Bonchev–Trinajstić information content (AvgIpc) is 2.71. The minimum Gasteiger partial charge on any atom is -0.382 e. The molecule has 5 heteroatoms. The maximum Gasteiger partial charge on any atom is 0.241 e. The van der Waals surface area contributed by atoms with Crippen LogP contribution in [-0.4, -0.2) is 21.7 Å². The van der Waals surface area contributed by atoms with Crippen molar-refractivity contribution in [3.05, 3.63) is 12.3 Å². The van der Waals surface area contributed by atoms with Crippen molar-refractivity contribution in [1.82, 2.24) is 15.1 Å². The first-order valence-electron chi connectivity index (χ1n) is 6.74. The van der Waals surface area contributed by atoms with Gasteiger partial charge < -0.3 is 11.1 Å². The van der Waals surface area contributed by atoms with E-state index in [1.807, 2.05) is 0 Å². The van der Waals surface area contributed by atoms with Crippen LogP contribution < -0.4 is 11.1 Å². The molecule has 1 aromatic rings. The van der Waals surface area contributed by atoms with Crippen molar-refractivity contribution in [1.29, 1.82) is 0 Å². The Labute approximate surface area is 109 Å². The normalized spacial score (nSPS) is 12.3. The van der Waals surface area contributed by atoms with Gasteiger partial charge in [-0.15, -0.1) is 0 Å². The molecule has 1 rings (SSSR count). The fourth-order valence-corrected chi connectivity index (χ4v) is 1.97. The number of anilines is 1. The average molecular weight is 252 g/mol. The second kappa shape index (κ2) is 7.74. The molecule has 1 unspecified atom stereocenters. The van der Waals surface area contributed by atoms with E-state index in [2.05, 4.69) is 24.3 Å². The molecule has 18 heavy (non-hydrogen) atoms. The smallest absolute Gasteiger partial charge is 0.241 e. The predicted octanol–water partition coefficient (Wildman–Crippen LogP) is 1.94. The number of hydrogen-bond donors (Lipinski definition) is 2. The minimum absolute atomic E-state index is 0.00709. The number of aromatic nitrogens is 2. The molecule has 0 spiro atoms. The molecule has 1 atom stereocenters. The molecule has 0 bridgehead atoms. The van der Waals surface area contributed by atoms with Crippen molar-refractivity contribution in [2.45, 2.75) is 58.5 Å². The number of nitrogens with zero attached hydrogens (tertiary/aromatic N) is 2. The molecule has 0 aliphatic heterocycles. The van der Waals surface area contributed by atoms with Gasteiger partial charge in [0.15, 0.2) is 0 Å². The zero-order valence-corrected chi connectivity index (χ0v) is 11.4. The van der Waals surface area contributed by atoms with Crippen LogP contribution in [0, 0.1) is 0 Å². The lowest BCUT2D eigenvalue weighted by Crippen LogP contribution is -2.37. The summed E-state index contributed by atoms with van der Waals surface area (Å²) in [5, 5.41) is 7.07. The summed E-state index contributed by atoms with van der Waals surface area (Å²) in [5.41, 5.74) is 5.51. The molecular weight excluding hydrogens is 228 g/mol. The quantitative estimate of drug-likeness (QED) is 0.742. The molecule has 0 aliphatic carbocycles. The standard InChI is InChI=1S/C13H24N4O/c1-3-5-7-11(6-4-2)15-13(18)10-17-9-8-12(14)16-17/h8-9,11H,3-7,10H2,1-2H3,(H2,14,16)(H,15,18). The second-order valence-corrected chi connectivity index (χ2v) is 4.63. The first-order valence-corrected chi connectivity index (χ1v) is 6.74. The zero-order chi connectivity index (χ0) is 13.4. The van der Waals surface area contributed by atoms with E-state index in [0.29, 0.717) is 5.82 Å². The molecule has 0 aromatic carbocycles. The minimum atomic E-state index is 0.00709. The number of nitrogens with two attached hydrogens (primary N) is 1. The van der Waals surface area contributed by atoms with Gasteiger partial charge in [0.05, 0.1) is 0 Å². The first-order chi connectivity index (χ1) is 8.65. The number of nitrogen functional groups attached to an aromatic ring is 1. The Kier molecular flexibility index (Phi) is 6.25. The third-order valence-electron chi connectivity index (χ3n) is 2.88. The lowest BCUT2D eigenvalue weighted by atomic mass is 10.1. The van der Waals surface area contributed by atoms with Gasteiger partial charge in [-0.3, -0.25) is 9.48 Å². The Morgan fingerprint density at radius 2 is 2.22 bits per heavy atom. The maximum atomic E-state index is 11.9. The van der Waals surface area contributed by atoms with Crippen molar-refractivity contribution < 1.29 is 4.79 Å². The Morgan fingerprint density at radius 1 is 1.44 bits per heavy atom. The van der Waals surface area contributed by atoms with Crippen molar-refractivity contribution in [3.8, 4) is 0 Å². The number of nitrogens with one attached hydrogen (secondary N) is 1. The van der Waals surface area contributed by atoms with Crippen molar-refractivity contribution >= 4 is 11.7 Å². The number of carbonyl (C=O) groups is 1. The van der Waals surface area contributed by atoms with E-state index in [-0.39, 0.29) is 18.5 Å². The summed E-state index contributed by atoms with van der Waals surface area (Å²) in [4.78, 5) is 11.9. The van der Waals surface area contributed by atoms with E-state index in [9.17, 15) is 4.79 Å². The van der Waals surface area contributed by atoms with Crippen LogP contribution in [0.1, 0.15) is 46.0 Å². The highest BCUT2D eigenvalue weighted by atomic mass is 16.2. The second-order valence-electron chi connectivity index (χ2n) is 4.63. The van der Waals surface area contributed by atoms with Gasteiger partial charge in [0, 0.05) is 12.2 Å². The lowest BCUT2D eigenvalue weighted by molar-refractivity contribution is -0.122. The lowest BCUT2D eigenvalue weighted by Gasteiger charge is -2.17. The molecule has 0 saturated heterocycles. The van der Waals surface area contributed by atoms with E-state index in [4.69, 9.17) is 5.73 Å². The van der Waals surface area contributed by atoms with E-state index in [1.165, 1.54) is 0 Å². The van der Waals surface area contributed by atoms with Crippen molar-refractivity contribution in [2.75, 3.05) is 5.73 Å². The number of rotatable bonds is 8. The molecule has 1 amide bonds. The van der Waals surface area contributed by atoms with Crippen LogP contribution in [0.2, 0.25) is 0 Å². The van der Waals surface area contributed by atoms with Crippen LogP contribution in [0.25, 0.3) is 0 Å². The highest BCUT2D eigenvalue weighted by Gasteiger charge is 2.11. The molecule has 0 saturated carbocycles. The zero-order valence-electron chi connectivity index (χ0n) is 11.4. The van der Waals surface area contributed by atoms with Crippen molar-refractivity contribution in [2.24, 2.45) is 0 Å². The number of amides is 1. The summed E-state index contributed by atoms with van der Waals surface area (Å²) in [6.07, 6.45) is 7.20. The fraction of sp³-hybridized carbons (Fsp3) is 0.692. The number of hydrogen-bond acceptors (Lipinski definition) is 3. The Bertz CT molecular complexity index is 362. The molecule has 5 nitrogen and oxygen atoms in total. The highest BCUT2D eigenvalue weighted by molar-refractivity contribution is 5.75. The van der Waals surface area contributed by atoms with Crippen LogP contribution in [0.4, 0.5) is 5.82 Å². The largest absolute Gasteiger partial charge is 0.382 e. The van der Waals surface area contributed by atoms with Gasteiger partial charge in [-0.1, -0.05) is 33.1 Å². The van der Waals surface area contributed by atoms with Crippen LogP contribution in [0.5, 0.6) is 0 Å². The number of carbonyl (C=O) groups excluding carboxylic acids is 1. The summed E-state index contributed by atoms with van der Waals surface area (Å²) in [6.45, 7) is 4.54. The van der Waals surface area contributed by atoms with Gasteiger partial charge in [0.2, 0.25) is 5.91 Å². The Balaban J connectivity index is 2.40. The maximum absolute atomic E-state index is 11.9. The molecule has 1 heterocycles. The highest BCUT2D eigenvalue weighted by Crippen LogP contribution is 2.07. The summed E-state index contributed by atoms with van der Waals surface area (Å²) in [5.74, 6) is 0.451. The van der Waals surface area contributed by atoms with Crippen LogP contribution in [-0.2, 0) is 11.3 Å². The first kappa shape index (κ1) is 14.5. The number of unbranched alkanes of at least 4 members (excludes halogenated alkanes) is 1. The summed E-state index contributed by atoms with van der Waals surface area (Å²) in [6, 6.07) is 1.98. The molecular formula is C13H24N4O. The van der Waals surface area contributed by atoms with E-state index in [1.54, 1.807) is 16.9 Å². The van der Waals surface area contributed by atoms with Gasteiger partial charge in [-0.05, 0) is 18.9 Å². The van der Waals surface area contributed by atoms with Gasteiger partial charge in [-0.2, -0.15) is 5.10 Å². The van der Waals surface area contributed by atoms with E-state index < -0.39 is 0 Å². The monoisotopic (exact) mass is 252 g/mol. The molecule has 1 aromatic heterocycles. The third kappa shape index (κ3) is 5.21. The van der Waals surface area contributed by atoms with Crippen LogP contribution in [0.3, 0.4) is 0 Å². The van der Waals surface area contributed by atoms with Gasteiger partial charge in [-0.25, -0.2) is 0 Å². The fourth-order valence-electron chi connectivity index (χ4n) is 1.97. The summed E-state index contributed by atoms with van der Waals surface area (Å²) in [7, 11) is 0. The Morgan fingerprint density at radius 3 is 2.78 bits per heavy atom.